The molecule has 2 heterocycles. The highest BCUT2D eigenvalue weighted by molar-refractivity contribution is 9.10. The molecular formula is C18H22BrClN6O. The molecule has 4 aliphatic rings. The minimum absolute atomic E-state index is 0.103. The highest BCUT2D eigenvalue weighted by atomic mass is 79.9. The quantitative estimate of drug-likeness (QED) is 0.755. The van der Waals surface area contributed by atoms with E-state index >= 15 is 0 Å². The topological polar surface area (TPSA) is 77.6 Å². The summed E-state index contributed by atoms with van der Waals surface area (Å²) in [5.74, 6) is 1.36. The second-order valence-corrected chi connectivity index (χ2v) is 9.86. The summed E-state index contributed by atoms with van der Waals surface area (Å²) in [4.78, 5) is 17.4. The van der Waals surface area contributed by atoms with Crippen LogP contribution in [0.3, 0.4) is 0 Å². The molecular weight excluding hydrogens is 432 g/mol. The van der Waals surface area contributed by atoms with E-state index < -0.39 is 0 Å². The molecule has 2 aromatic rings. The molecule has 1 N–H and O–H groups in total. The van der Waals surface area contributed by atoms with Crippen LogP contribution in [-0.2, 0) is 16.9 Å². The molecule has 0 saturated heterocycles. The van der Waals surface area contributed by atoms with Crippen molar-refractivity contribution in [3.05, 3.63) is 28.5 Å². The average Bonchev–Trinajstić information content (AvgIpc) is 3.22. The first-order valence-electron chi connectivity index (χ1n) is 9.50. The number of nitrogens with zero attached hydrogens (tertiary/aromatic N) is 5. The van der Waals surface area contributed by atoms with Gasteiger partial charge in [-0.05, 0) is 77.9 Å². The van der Waals surface area contributed by atoms with Crippen molar-refractivity contribution in [3.8, 4) is 0 Å². The van der Waals surface area contributed by atoms with Crippen molar-refractivity contribution in [2.75, 3.05) is 6.54 Å². The summed E-state index contributed by atoms with van der Waals surface area (Å²) in [5, 5.41) is 12.1. The molecule has 4 fully saturated rings. The van der Waals surface area contributed by atoms with E-state index in [0.717, 1.165) is 36.6 Å². The molecule has 2 unspecified atom stereocenters. The molecule has 9 heteroatoms. The van der Waals surface area contributed by atoms with Crippen molar-refractivity contribution >= 4 is 33.4 Å². The van der Waals surface area contributed by atoms with Crippen molar-refractivity contribution in [1.29, 1.82) is 0 Å². The highest BCUT2D eigenvalue weighted by Crippen LogP contribution is 2.64. The number of hydrogen-bond acceptors (Lipinski definition) is 4. The lowest BCUT2D eigenvalue weighted by Crippen LogP contribution is -2.61. The molecule has 4 bridgehead atoms. The Hall–Kier alpha value is -1.41. The van der Waals surface area contributed by atoms with Crippen molar-refractivity contribution < 1.29 is 4.79 Å². The van der Waals surface area contributed by atoms with Gasteiger partial charge in [-0.2, -0.15) is 5.10 Å². The van der Waals surface area contributed by atoms with Gasteiger partial charge in [-0.3, -0.25) is 9.48 Å². The van der Waals surface area contributed by atoms with Crippen LogP contribution in [0.15, 0.2) is 23.2 Å². The molecule has 27 heavy (non-hydrogen) atoms. The van der Waals surface area contributed by atoms with Gasteiger partial charge >= 0.3 is 0 Å². The zero-order chi connectivity index (χ0) is 18.6. The number of hydrogen-bond donors (Lipinski definition) is 1. The van der Waals surface area contributed by atoms with Crippen LogP contribution >= 0.6 is 27.5 Å². The largest absolute Gasteiger partial charge is 0.354 e. The number of carbonyl (C=O) groups is 1. The first kappa shape index (κ1) is 17.7. The minimum Gasteiger partial charge on any atom is -0.354 e. The summed E-state index contributed by atoms with van der Waals surface area (Å²) >= 11 is 9.39. The Balaban J connectivity index is 1.33. The average molecular weight is 454 g/mol. The van der Waals surface area contributed by atoms with E-state index in [1.807, 2.05) is 15.6 Å². The third kappa shape index (κ3) is 3.01. The van der Waals surface area contributed by atoms with Crippen LogP contribution in [0.4, 0.5) is 0 Å². The van der Waals surface area contributed by atoms with Crippen LogP contribution in [0.1, 0.15) is 38.5 Å². The molecule has 0 spiro atoms. The van der Waals surface area contributed by atoms with Crippen LogP contribution in [0, 0.1) is 17.3 Å². The van der Waals surface area contributed by atoms with Crippen molar-refractivity contribution in [3.63, 3.8) is 0 Å². The Morgan fingerprint density at radius 1 is 1.33 bits per heavy atom. The lowest BCUT2D eigenvalue weighted by molar-refractivity contribution is -0.156. The summed E-state index contributed by atoms with van der Waals surface area (Å²) in [6, 6.07) is 0. The molecule has 0 aromatic carbocycles. The zero-order valence-electron chi connectivity index (χ0n) is 14.9. The fraction of sp³-hybridized carbons (Fsp3) is 0.667. The van der Waals surface area contributed by atoms with Crippen LogP contribution < -0.4 is 5.32 Å². The fourth-order valence-electron chi connectivity index (χ4n) is 6.15. The predicted octanol–water partition coefficient (Wildman–Crippen LogP) is 3.00. The molecule has 7 nitrogen and oxygen atoms in total. The molecule has 144 valence electrons. The van der Waals surface area contributed by atoms with Crippen molar-refractivity contribution in [2.24, 2.45) is 17.3 Å². The molecule has 1 amide bonds. The van der Waals surface area contributed by atoms with Crippen LogP contribution in [0.2, 0.25) is 5.28 Å². The van der Waals surface area contributed by atoms with E-state index in [9.17, 15) is 4.79 Å². The van der Waals surface area contributed by atoms with Gasteiger partial charge in [0, 0.05) is 12.7 Å². The third-order valence-electron chi connectivity index (χ3n) is 6.69. The molecule has 0 radical (unpaired) electrons. The fourth-order valence-corrected chi connectivity index (χ4v) is 6.60. The number of aromatic nitrogens is 5. The number of rotatable bonds is 5. The van der Waals surface area contributed by atoms with E-state index in [1.165, 1.54) is 6.42 Å². The highest BCUT2D eigenvalue weighted by Gasteiger charge is 2.61. The number of halogens is 2. The van der Waals surface area contributed by atoms with Gasteiger partial charge in [0.05, 0.1) is 28.2 Å². The first-order chi connectivity index (χ1) is 13.0. The second kappa shape index (κ2) is 6.30. The van der Waals surface area contributed by atoms with E-state index in [0.29, 0.717) is 24.9 Å². The summed E-state index contributed by atoms with van der Waals surface area (Å²) in [6.45, 7) is 1.26. The van der Waals surface area contributed by atoms with Gasteiger partial charge in [0.2, 0.25) is 11.2 Å². The van der Waals surface area contributed by atoms with Gasteiger partial charge in [0.25, 0.3) is 0 Å². The van der Waals surface area contributed by atoms with Crippen LogP contribution in [0.25, 0.3) is 0 Å². The van der Waals surface area contributed by atoms with Gasteiger partial charge in [-0.25, -0.2) is 9.67 Å². The predicted molar refractivity (Wildman–Crippen MR) is 103 cm³/mol. The van der Waals surface area contributed by atoms with E-state index in [1.54, 1.807) is 12.5 Å². The normalized spacial score (nSPS) is 34.1. The Labute approximate surface area is 171 Å². The number of amides is 1. The molecule has 2 atom stereocenters. The molecule has 6 rings (SSSR count). The molecule has 2 aromatic heterocycles. The smallest absolute Gasteiger partial charge is 0.242 e. The molecule has 0 aliphatic heterocycles. The monoisotopic (exact) mass is 452 g/mol. The van der Waals surface area contributed by atoms with E-state index in [4.69, 9.17) is 11.6 Å². The van der Waals surface area contributed by atoms with Gasteiger partial charge < -0.3 is 5.32 Å². The molecule has 4 aliphatic carbocycles. The Kier molecular flexibility index (Phi) is 4.13. The summed E-state index contributed by atoms with van der Waals surface area (Å²) in [5.41, 5.74) is -0.387. The van der Waals surface area contributed by atoms with Gasteiger partial charge in [0.1, 0.15) is 6.33 Å². The minimum atomic E-state index is -0.285. The molecule has 4 saturated carbocycles. The standard InChI is InChI=1S/C18H22BrClN6O/c19-14-8-23-25(9-14)2-1-21-15(27)17-4-12-3-13(5-17)7-18(6-12,10-17)26-11-22-16(20)24-26/h8-9,11-13H,1-7,10H2,(H,21,27). The second-order valence-electron chi connectivity index (χ2n) is 8.60. The van der Waals surface area contributed by atoms with Crippen molar-refractivity contribution in [1.82, 2.24) is 29.9 Å². The maximum absolute atomic E-state index is 13.2. The van der Waals surface area contributed by atoms with E-state index in [2.05, 4.69) is 36.4 Å². The van der Waals surface area contributed by atoms with Gasteiger partial charge in [-0.15, -0.1) is 5.10 Å². The summed E-state index contributed by atoms with van der Waals surface area (Å²) < 4.78 is 4.74. The van der Waals surface area contributed by atoms with E-state index in [-0.39, 0.29) is 22.1 Å². The lowest BCUT2D eigenvalue weighted by Gasteiger charge is -2.60. The Morgan fingerprint density at radius 3 is 2.74 bits per heavy atom. The first-order valence-corrected chi connectivity index (χ1v) is 10.7. The summed E-state index contributed by atoms with van der Waals surface area (Å²) in [6.07, 6.45) is 11.6. The zero-order valence-corrected chi connectivity index (χ0v) is 17.3. The van der Waals surface area contributed by atoms with Crippen molar-refractivity contribution in [2.45, 2.75) is 50.6 Å². The lowest BCUT2D eigenvalue weighted by atomic mass is 9.46. The number of carbonyl (C=O) groups excluding carboxylic acids is 1. The maximum atomic E-state index is 13.2. The van der Waals surface area contributed by atoms with Crippen LogP contribution in [0.5, 0.6) is 0 Å². The maximum Gasteiger partial charge on any atom is 0.242 e. The van der Waals surface area contributed by atoms with Crippen LogP contribution in [-0.4, -0.2) is 37.0 Å². The SMILES string of the molecule is O=C(NCCn1cc(Br)cn1)C12CC3CC(C1)CC(n1cnc(Cl)n1)(C3)C2. The third-order valence-corrected chi connectivity index (χ3v) is 7.27. The van der Waals surface area contributed by atoms with Gasteiger partial charge in [-0.1, -0.05) is 0 Å². The summed E-state index contributed by atoms with van der Waals surface area (Å²) in [7, 11) is 0. The van der Waals surface area contributed by atoms with Gasteiger partial charge in [0.15, 0.2) is 0 Å². The number of nitrogens with one attached hydrogen (secondary N) is 1. The Morgan fingerprint density at radius 2 is 2.11 bits per heavy atom. The Bertz CT molecular complexity index is 865.